The molecule has 0 aliphatic heterocycles. The highest BCUT2D eigenvalue weighted by molar-refractivity contribution is 5.83. The minimum atomic E-state index is -0.840. The summed E-state index contributed by atoms with van der Waals surface area (Å²) in [5.74, 6) is -0.280. The largest absolute Gasteiger partial charge is 0.467 e. The number of carbonyl (C=O) groups is 1. The average molecular weight is 288 g/mol. The van der Waals surface area contributed by atoms with Gasteiger partial charge >= 0.3 is 5.97 Å². The molecule has 0 saturated heterocycles. The van der Waals surface area contributed by atoms with Gasteiger partial charge in [-0.2, -0.15) is 0 Å². The summed E-state index contributed by atoms with van der Waals surface area (Å²) in [7, 11) is 1.41. The fourth-order valence-corrected chi connectivity index (χ4v) is 3.00. The molecule has 0 radical (unpaired) electrons. The smallest absolute Gasteiger partial charge is 0.330 e. The molecule has 0 aromatic heterocycles. The van der Waals surface area contributed by atoms with Crippen molar-refractivity contribution in [2.45, 2.75) is 31.2 Å². The van der Waals surface area contributed by atoms with Crippen molar-refractivity contribution in [2.24, 2.45) is 5.11 Å². The van der Waals surface area contributed by atoms with Crippen LogP contribution >= 0.6 is 0 Å². The zero-order valence-corrected chi connectivity index (χ0v) is 12.2. The van der Waals surface area contributed by atoms with E-state index >= 15 is 0 Å². The van der Waals surface area contributed by atoms with Gasteiger partial charge in [-0.15, -0.1) is 0 Å². The second kappa shape index (κ2) is 7.11. The summed E-state index contributed by atoms with van der Waals surface area (Å²) in [6.45, 7) is 0.741. The molecule has 112 valence electrons. The van der Waals surface area contributed by atoms with Crippen LogP contribution < -0.4 is 5.32 Å². The first kappa shape index (κ1) is 15.4. The van der Waals surface area contributed by atoms with E-state index in [0.29, 0.717) is 19.5 Å². The first-order valence-corrected chi connectivity index (χ1v) is 7.17. The lowest BCUT2D eigenvalue weighted by molar-refractivity contribution is -0.149. The van der Waals surface area contributed by atoms with Crippen molar-refractivity contribution >= 4 is 5.97 Å². The van der Waals surface area contributed by atoms with Crippen LogP contribution in [0.15, 0.2) is 29.4 Å². The number of hydrogen-bond donors (Lipinski definition) is 1. The number of nitrogens with zero attached hydrogens (tertiary/aromatic N) is 3. The molecule has 1 aromatic carbocycles. The van der Waals surface area contributed by atoms with Gasteiger partial charge in [-0.3, -0.25) is 5.32 Å². The van der Waals surface area contributed by atoms with Crippen LogP contribution in [0.2, 0.25) is 0 Å². The van der Waals surface area contributed by atoms with Crippen LogP contribution in [0.1, 0.15) is 30.4 Å². The second-order valence-electron chi connectivity index (χ2n) is 5.14. The van der Waals surface area contributed by atoms with E-state index in [1.807, 2.05) is 18.2 Å². The zero-order valence-electron chi connectivity index (χ0n) is 12.2. The second-order valence-corrected chi connectivity index (χ2v) is 5.14. The van der Waals surface area contributed by atoms with Gasteiger partial charge in [-0.25, -0.2) is 4.79 Å². The van der Waals surface area contributed by atoms with E-state index in [2.05, 4.69) is 21.4 Å². The summed E-state index contributed by atoms with van der Waals surface area (Å²) in [6.07, 6.45) is 3.64. The lowest BCUT2D eigenvalue weighted by Crippen LogP contribution is -2.51. The third kappa shape index (κ3) is 3.17. The van der Waals surface area contributed by atoms with Crippen LogP contribution in [0.3, 0.4) is 0 Å². The molecule has 0 saturated carbocycles. The Morgan fingerprint density at radius 2 is 2.29 bits per heavy atom. The van der Waals surface area contributed by atoms with Gasteiger partial charge in [0.25, 0.3) is 0 Å². The van der Waals surface area contributed by atoms with Gasteiger partial charge in [0.05, 0.1) is 7.11 Å². The molecule has 0 fully saturated rings. The first-order valence-electron chi connectivity index (χ1n) is 7.17. The van der Waals surface area contributed by atoms with Crippen molar-refractivity contribution < 1.29 is 9.53 Å². The fraction of sp³-hybridized carbons (Fsp3) is 0.533. The maximum Gasteiger partial charge on any atom is 0.330 e. The maximum absolute atomic E-state index is 12.5. The molecule has 1 unspecified atom stereocenters. The molecular weight excluding hydrogens is 268 g/mol. The first-order chi connectivity index (χ1) is 10.2. The third-order valence-electron chi connectivity index (χ3n) is 3.96. The predicted molar refractivity (Wildman–Crippen MR) is 79.7 cm³/mol. The van der Waals surface area contributed by atoms with E-state index in [9.17, 15) is 4.79 Å². The molecule has 1 aliphatic rings. The number of rotatable bonds is 5. The Morgan fingerprint density at radius 3 is 3.05 bits per heavy atom. The average Bonchev–Trinajstić information content (AvgIpc) is 2.71. The van der Waals surface area contributed by atoms with Crippen molar-refractivity contribution in [1.82, 2.24) is 5.32 Å². The normalized spacial score (nSPS) is 20.8. The van der Waals surface area contributed by atoms with Gasteiger partial charge in [0, 0.05) is 18.0 Å². The molecule has 1 N–H and O–H groups in total. The van der Waals surface area contributed by atoms with E-state index < -0.39 is 5.54 Å². The molecule has 1 atom stereocenters. The van der Waals surface area contributed by atoms with E-state index in [-0.39, 0.29) is 5.97 Å². The molecule has 2 rings (SSSR count). The maximum atomic E-state index is 12.5. The highest BCUT2D eigenvalue weighted by Gasteiger charge is 2.42. The summed E-state index contributed by atoms with van der Waals surface area (Å²) >= 11 is 0. The van der Waals surface area contributed by atoms with Crippen LogP contribution in [0, 0.1) is 0 Å². The van der Waals surface area contributed by atoms with Crippen LogP contribution in [-0.2, 0) is 21.5 Å². The quantitative estimate of drug-likeness (QED) is 0.226. The Hall–Kier alpha value is -2.04. The number of nitrogens with one attached hydrogen (secondary N) is 1. The molecule has 6 nitrogen and oxygen atoms in total. The van der Waals surface area contributed by atoms with Gasteiger partial charge in [0.15, 0.2) is 0 Å². The number of hydrogen-bond acceptors (Lipinski definition) is 4. The van der Waals surface area contributed by atoms with E-state index in [0.717, 1.165) is 24.8 Å². The molecule has 0 bridgehead atoms. The number of methoxy groups -OCH3 is 1. The highest BCUT2D eigenvalue weighted by atomic mass is 16.5. The van der Waals surface area contributed by atoms with Crippen molar-refractivity contribution in [3.05, 3.63) is 45.8 Å². The number of aryl methyl sites for hydroxylation is 1. The SMILES string of the molecule is COC(=O)C1(NCCN=[N+]=[N-])CCCCc2ccccc21. The summed E-state index contributed by atoms with van der Waals surface area (Å²) in [5.41, 5.74) is 9.68. The number of carbonyl (C=O) groups excluding carboxylic acids is 1. The summed E-state index contributed by atoms with van der Waals surface area (Å²) in [6, 6.07) is 7.98. The molecular formula is C15H20N4O2. The van der Waals surface area contributed by atoms with Crippen LogP contribution in [0.5, 0.6) is 0 Å². The zero-order chi connectivity index (χ0) is 15.1. The Morgan fingerprint density at radius 1 is 1.48 bits per heavy atom. The van der Waals surface area contributed by atoms with Gasteiger partial charge in [0.1, 0.15) is 5.54 Å². The number of fused-ring (bicyclic) bond motifs is 1. The minimum absolute atomic E-state index is 0.280. The van der Waals surface area contributed by atoms with Crippen molar-refractivity contribution in [3.8, 4) is 0 Å². The number of benzene rings is 1. The van der Waals surface area contributed by atoms with Crippen molar-refractivity contribution in [1.29, 1.82) is 0 Å². The number of esters is 1. The van der Waals surface area contributed by atoms with Crippen LogP contribution in [0.4, 0.5) is 0 Å². The monoisotopic (exact) mass is 288 g/mol. The van der Waals surface area contributed by atoms with Gasteiger partial charge in [-0.05, 0) is 35.9 Å². The summed E-state index contributed by atoms with van der Waals surface area (Å²) in [5, 5.41) is 6.80. The molecule has 21 heavy (non-hydrogen) atoms. The van der Waals surface area contributed by atoms with Crippen LogP contribution in [0.25, 0.3) is 10.4 Å². The van der Waals surface area contributed by atoms with Gasteiger partial charge in [-0.1, -0.05) is 35.8 Å². The molecule has 1 aliphatic carbocycles. The molecule has 0 amide bonds. The molecule has 0 spiro atoms. The minimum Gasteiger partial charge on any atom is -0.467 e. The Bertz CT molecular complexity index is 554. The standard InChI is InChI=1S/C15H20N4O2/c1-21-14(20)15(17-10-11-18-19-16)9-5-4-7-12-6-2-3-8-13(12)15/h2-3,6,8,17H,4-5,7,9-11H2,1H3. The summed E-state index contributed by atoms with van der Waals surface area (Å²) < 4.78 is 5.06. The Kier molecular flexibility index (Phi) is 5.20. The van der Waals surface area contributed by atoms with Crippen molar-refractivity contribution in [3.63, 3.8) is 0 Å². The molecule has 0 heterocycles. The van der Waals surface area contributed by atoms with Crippen LogP contribution in [-0.4, -0.2) is 26.2 Å². The van der Waals surface area contributed by atoms with Gasteiger partial charge < -0.3 is 4.74 Å². The highest BCUT2D eigenvalue weighted by Crippen LogP contribution is 2.35. The van der Waals surface area contributed by atoms with Gasteiger partial charge in [0.2, 0.25) is 0 Å². The Labute approximate surface area is 124 Å². The summed E-state index contributed by atoms with van der Waals surface area (Å²) in [4.78, 5) is 15.2. The predicted octanol–water partition coefficient (Wildman–Crippen LogP) is 2.68. The topological polar surface area (TPSA) is 87.1 Å². The Balaban J connectivity index is 2.38. The lowest BCUT2D eigenvalue weighted by atomic mass is 9.84. The van der Waals surface area contributed by atoms with E-state index in [1.54, 1.807) is 0 Å². The molecule has 1 aromatic rings. The number of ether oxygens (including phenoxy) is 1. The van der Waals surface area contributed by atoms with E-state index in [1.165, 1.54) is 12.7 Å². The lowest BCUT2D eigenvalue weighted by Gasteiger charge is -2.32. The van der Waals surface area contributed by atoms with E-state index in [4.69, 9.17) is 10.3 Å². The third-order valence-corrected chi connectivity index (χ3v) is 3.96. The number of azide groups is 1. The van der Waals surface area contributed by atoms with Crippen molar-refractivity contribution in [2.75, 3.05) is 20.2 Å². The molecule has 6 heteroatoms. The fourth-order valence-electron chi connectivity index (χ4n) is 3.00.